The van der Waals surface area contributed by atoms with Crippen LogP contribution in [0.2, 0.25) is 0 Å². The summed E-state index contributed by atoms with van der Waals surface area (Å²) in [5.74, 6) is 0. The van der Waals surface area contributed by atoms with Crippen molar-refractivity contribution in [2.45, 2.75) is 19.4 Å². The van der Waals surface area contributed by atoms with E-state index in [0.29, 0.717) is 0 Å². The molecule has 0 aromatic heterocycles. The summed E-state index contributed by atoms with van der Waals surface area (Å²) < 4.78 is 0. The highest BCUT2D eigenvalue weighted by Crippen LogP contribution is 2.60. The molecule has 0 aliphatic heterocycles. The Morgan fingerprint density at radius 2 is 0.737 bits per heavy atom. The molecule has 0 unspecified atom stereocenters. The molecule has 0 atom stereocenters. The number of hydrogen-bond donors (Lipinski definition) is 1. The highest BCUT2D eigenvalue weighted by molar-refractivity contribution is 6.30. The zero-order chi connectivity index (χ0) is 26.1. The quantitative estimate of drug-likeness (QED) is 0.261. The van der Waals surface area contributed by atoms with Crippen LogP contribution in [0.5, 0.6) is 0 Å². The van der Waals surface area contributed by atoms with Crippen LogP contribution < -0.4 is 0 Å². The summed E-state index contributed by atoms with van der Waals surface area (Å²) in [4.78, 5) is 0. The van der Waals surface area contributed by atoms with E-state index in [1.165, 1.54) is 0 Å². The zero-order valence-corrected chi connectivity index (χ0v) is 21.7. The summed E-state index contributed by atoms with van der Waals surface area (Å²) in [7, 11) is 0. The van der Waals surface area contributed by atoms with Gasteiger partial charge in [-0.05, 0) is 52.8 Å². The Morgan fingerprint density at radius 3 is 1.08 bits per heavy atom. The number of aliphatic hydroxyl groups is 1. The van der Waals surface area contributed by atoms with Crippen LogP contribution >= 0.6 is 0 Å². The highest BCUT2D eigenvalue weighted by atomic mass is 16.3. The Kier molecular flexibility index (Phi) is 6.15. The lowest BCUT2D eigenvalue weighted by Crippen LogP contribution is -2.28. The van der Waals surface area contributed by atoms with Gasteiger partial charge in [-0.2, -0.15) is 0 Å². The summed E-state index contributed by atoms with van der Waals surface area (Å²) in [5, 5.41) is 13.4. The maximum absolute atomic E-state index is 13.4. The molecular formula is C37H30O. The van der Waals surface area contributed by atoms with Crippen molar-refractivity contribution in [3.63, 3.8) is 0 Å². The van der Waals surface area contributed by atoms with E-state index in [9.17, 15) is 5.11 Å². The predicted octanol–water partition coefficient (Wildman–Crippen LogP) is 8.73. The summed E-state index contributed by atoms with van der Waals surface area (Å²) in [6, 6.07) is 48.1. The lowest BCUT2D eigenvalue weighted by atomic mass is 9.76. The molecule has 1 aliphatic carbocycles. The lowest BCUT2D eigenvalue weighted by Gasteiger charge is -2.33. The third-order valence-corrected chi connectivity index (χ3v) is 7.36. The first-order chi connectivity index (χ1) is 18.6. The molecule has 38 heavy (non-hydrogen) atoms. The largest absolute Gasteiger partial charge is 0.376 e. The van der Waals surface area contributed by atoms with Gasteiger partial charge in [0.2, 0.25) is 0 Å². The molecule has 0 amide bonds. The number of rotatable bonds is 5. The molecule has 184 valence electrons. The average Bonchev–Trinajstić information content (AvgIpc) is 3.24. The van der Waals surface area contributed by atoms with Crippen molar-refractivity contribution >= 4 is 22.3 Å². The van der Waals surface area contributed by atoms with Gasteiger partial charge in [0.05, 0.1) is 0 Å². The van der Waals surface area contributed by atoms with Crippen molar-refractivity contribution in [3.8, 4) is 0 Å². The van der Waals surface area contributed by atoms with Crippen molar-refractivity contribution in [2.75, 3.05) is 0 Å². The van der Waals surface area contributed by atoms with E-state index in [4.69, 9.17) is 0 Å². The first kappa shape index (κ1) is 23.9. The van der Waals surface area contributed by atoms with Gasteiger partial charge in [-0.25, -0.2) is 0 Å². The molecule has 0 spiro atoms. The third kappa shape index (κ3) is 4.02. The zero-order valence-electron chi connectivity index (χ0n) is 21.7. The first-order valence-corrected chi connectivity index (χ1v) is 13.1. The molecule has 5 aromatic carbocycles. The maximum atomic E-state index is 13.4. The van der Waals surface area contributed by atoms with Crippen LogP contribution in [0.3, 0.4) is 0 Å². The Labute approximate surface area is 225 Å². The third-order valence-electron chi connectivity index (χ3n) is 7.36. The van der Waals surface area contributed by atoms with Crippen LogP contribution in [-0.2, 0) is 5.60 Å². The fourth-order valence-corrected chi connectivity index (χ4v) is 5.91. The second-order valence-electron chi connectivity index (χ2n) is 10.1. The van der Waals surface area contributed by atoms with Crippen molar-refractivity contribution in [3.05, 3.63) is 178 Å². The van der Waals surface area contributed by atoms with Gasteiger partial charge in [0.25, 0.3) is 0 Å². The number of allylic oxidation sites excluding steroid dienone is 2. The van der Waals surface area contributed by atoms with Gasteiger partial charge in [-0.1, -0.05) is 151 Å². The van der Waals surface area contributed by atoms with Crippen molar-refractivity contribution < 1.29 is 5.11 Å². The minimum atomic E-state index is -1.38. The first-order valence-electron chi connectivity index (χ1n) is 13.1. The predicted molar refractivity (Wildman–Crippen MR) is 159 cm³/mol. The van der Waals surface area contributed by atoms with Gasteiger partial charge >= 0.3 is 0 Å². The van der Waals surface area contributed by atoms with Crippen molar-refractivity contribution in [2.24, 2.45) is 0 Å². The van der Waals surface area contributed by atoms with Crippen LogP contribution in [0, 0.1) is 13.8 Å². The molecule has 0 fully saturated rings. The average molecular weight is 491 g/mol. The minimum absolute atomic E-state index is 0.882. The second-order valence-corrected chi connectivity index (χ2v) is 10.1. The molecule has 0 saturated heterocycles. The van der Waals surface area contributed by atoms with Crippen LogP contribution in [-0.4, -0.2) is 5.11 Å². The van der Waals surface area contributed by atoms with Crippen LogP contribution in [0.1, 0.15) is 38.9 Å². The van der Waals surface area contributed by atoms with E-state index in [-0.39, 0.29) is 0 Å². The molecule has 1 nitrogen and oxygen atoms in total. The Hall–Kier alpha value is -4.46. The smallest absolute Gasteiger partial charge is 0.142 e. The van der Waals surface area contributed by atoms with E-state index >= 15 is 0 Å². The summed E-state index contributed by atoms with van der Waals surface area (Å²) in [6.45, 7) is 4.20. The monoisotopic (exact) mass is 490 g/mol. The molecule has 5 aromatic rings. The molecule has 6 rings (SSSR count). The summed E-state index contributed by atoms with van der Waals surface area (Å²) in [5.41, 5.74) is 9.87. The van der Waals surface area contributed by atoms with Gasteiger partial charge in [-0.3, -0.25) is 0 Å². The summed E-state index contributed by atoms with van der Waals surface area (Å²) in [6.07, 6.45) is 0. The van der Waals surface area contributed by atoms with Crippen molar-refractivity contribution in [1.82, 2.24) is 0 Å². The highest BCUT2D eigenvalue weighted by Gasteiger charge is 2.48. The van der Waals surface area contributed by atoms with E-state index in [2.05, 4.69) is 129 Å². The Morgan fingerprint density at radius 1 is 0.421 bits per heavy atom. The number of aryl methyl sites for hydroxylation is 2. The molecule has 1 heteroatoms. The minimum Gasteiger partial charge on any atom is -0.376 e. The van der Waals surface area contributed by atoms with E-state index in [0.717, 1.165) is 61.2 Å². The molecule has 0 saturated carbocycles. The molecule has 1 aliphatic rings. The Bertz CT molecular complexity index is 1520. The van der Waals surface area contributed by atoms with Gasteiger partial charge < -0.3 is 5.11 Å². The van der Waals surface area contributed by atoms with E-state index < -0.39 is 5.60 Å². The maximum Gasteiger partial charge on any atom is 0.142 e. The lowest BCUT2D eigenvalue weighted by molar-refractivity contribution is 0.167. The van der Waals surface area contributed by atoms with E-state index in [1.807, 2.05) is 24.3 Å². The van der Waals surface area contributed by atoms with Gasteiger partial charge in [0, 0.05) is 11.1 Å². The molecule has 1 N–H and O–H groups in total. The topological polar surface area (TPSA) is 20.2 Å². The second kappa shape index (κ2) is 9.78. The molecular weight excluding hydrogens is 460 g/mol. The normalized spacial score (nSPS) is 14.7. The van der Waals surface area contributed by atoms with Crippen molar-refractivity contribution in [1.29, 1.82) is 0 Å². The summed E-state index contributed by atoms with van der Waals surface area (Å²) >= 11 is 0. The fourth-order valence-electron chi connectivity index (χ4n) is 5.91. The standard InChI is InChI=1S/C37H30O/c1-26-23-27(2)25-32(24-26)37(38)35(30-19-11-5-12-20-30)33(28-15-7-3-8-16-28)34(29-17-9-4-10-18-29)36(37)31-21-13-6-14-22-31/h3-25,38H,1-2H3. The van der Waals surface area contributed by atoms with Gasteiger partial charge in [0.1, 0.15) is 5.60 Å². The SMILES string of the molecule is Cc1cc(C)cc(C2(O)C(c3ccccc3)=C(c3ccccc3)C(c3ccccc3)=C2c2ccccc2)c1. The van der Waals surface area contributed by atoms with Crippen LogP contribution in [0.4, 0.5) is 0 Å². The number of hydrogen-bond acceptors (Lipinski definition) is 1. The molecule has 0 heterocycles. The molecule has 0 radical (unpaired) electrons. The molecule has 0 bridgehead atoms. The Balaban J connectivity index is 1.84. The van der Waals surface area contributed by atoms with Crippen LogP contribution in [0.15, 0.2) is 140 Å². The van der Waals surface area contributed by atoms with Crippen LogP contribution in [0.25, 0.3) is 22.3 Å². The van der Waals surface area contributed by atoms with Gasteiger partial charge in [0.15, 0.2) is 0 Å². The van der Waals surface area contributed by atoms with E-state index in [1.54, 1.807) is 0 Å². The number of benzene rings is 5. The fraction of sp³-hybridized carbons (Fsp3) is 0.0811. The van der Waals surface area contributed by atoms with Gasteiger partial charge in [-0.15, -0.1) is 0 Å².